The summed E-state index contributed by atoms with van der Waals surface area (Å²) in [6.45, 7) is 4.97. The lowest BCUT2D eigenvalue weighted by atomic mass is 9.62. The maximum Gasteiger partial charge on any atom is 0.302 e. The average Bonchev–Trinajstić information content (AvgIpc) is 2.57. The molecule has 0 aromatic rings. The fourth-order valence-corrected chi connectivity index (χ4v) is 4.73. The van der Waals surface area contributed by atoms with E-state index < -0.39 is 0 Å². The van der Waals surface area contributed by atoms with Crippen molar-refractivity contribution in [2.75, 3.05) is 26.4 Å². The highest BCUT2D eigenvalue weighted by Crippen LogP contribution is 2.47. The molecule has 2 aliphatic carbocycles. The van der Waals surface area contributed by atoms with Gasteiger partial charge in [0.05, 0.1) is 38.6 Å². The van der Waals surface area contributed by atoms with E-state index in [2.05, 4.69) is 0 Å². The van der Waals surface area contributed by atoms with Crippen LogP contribution in [-0.4, -0.2) is 50.6 Å². The van der Waals surface area contributed by atoms with Crippen LogP contribution < -0.4 is 0 Å². The number of carbonyl (C=O) groups excluding carboxylic acids is 2. The van der Waals surface area contributed by atoms with E-state index in [0.29, 0.717) is 38.3 Å². The molecule has 0 unspecified atom stereocenters. The van der Waals surface area contributed by atoms with Crippen molar-refractivity contribution in [2.45, 2.75) is 51.7 Å². The van der Waals surface area contributed by atoms with Crippen molar-refractivity contribution in [1.82, 2.24) is 0 Å². The van der Waals surface area contributed by atoms with Gasteiger partial charge in [-0.25, -0.2) is 0 Å². The molecular weight excluding hydrogens is 336 g/mol. The summed E-state index contributed by atoms with van der Waals surface area (Å²) in [7, 11) is 0. The van der Waals surface area contributed by atoms with Crippen LogP contribution in [0.15, 0.2) is 12.2 Å². The van der Waals surface area contributed by atoms with Crippen LogP contribution in [0.2, 0.25) is 0 Å². The van der Waals surface area contributed by atoms with Crippen molar-refractivity contribution in [1.29, 1.82) is 0 Å². The quantitative estimate of drug-likeness (QED) is 0.562. The van der Waals surface area contributed by atoms with Crippen LogP contribution in [0.5, 0.6) is 0 Å². The van der Waals surface area contributed by atoms with E-state index in [0.717, 1.165) is 25.7 Å². The van der Waals surface area contributed by atoms with Crippen molar-refractivity contribution in [3.63, 3.8) is 0 Å². The molecule has 0 amide bonds. The average molecular weight is 366 g/mol. The van der Waals surface area contributed by atoms with E-state index in [4.69, 9.17) is 18.9 Å². The Balaban J connectivity index is 1.66. The van der Waals surface area contributed by atoms with Gasteiger partial charge in [0, 0.05) is 13.8 Å². The fraction of sp³-hybridized carbons (Fsp3) is 0.800. The Hall–Kier alpha value is -1.40. The van der Waals surface area contributed by atoms with Gasteiger partial charge < -0.3 is 18.9 Å². The first-order valence-corrected chi connectivity index (χ1v) is 9.67. The van der Waals surface area contributed by atoms with E-state index >= 15 is 0 Å². The third-order valence-corrected chi connectivity index (χ3v) is 6.01. The van der Waals surface area contributed by atoms with Gasteiger partial charge in [-0.1, -0.05) is 12.2 Å². The molecule has 3 aliphatic rings. The molecule has 146 valence electrons. The fourth-order valence-electron chi connectivity index (χ4n) is 4.73. The topological polar surface area (TPSA) is 71.1 Å². The number of esters is 2. The van der Waals surface area contributed by atoms with Crippen LogP contribution in [-0.2, 0) is 28.5 Å². The van der Waals surface area contributed by atoms with E-state index in [9.17, 15) is 9.59 Å². The minimum atomic E-state index is -0.259. The van der Waals surface area contributed by atoms with Gasteiger partial charge in [0.15, 0.2) is 0 Å². The summed E-state index contributed by atoms with van der Waals surface area (Å²) >= 11 is 0. The van der Waals surface area contributed by atoms with Crippen molar-refractivity contribution in [3.8, 4) is 0 Å². The molecule has 0 N–H and O–H groups in total. The number of fused-ring (bicyclic) bond motifs is 2. The molecule has 6 nitrogen and oxygen atoms in total. The highest BCUT2D eigenvalue weighted by molar-refractivity contribution is 5.66. The van der Waals surface area contributed by atoms with Gasteiger partial charge >= 0.3 is 11.9 Å². The predicted molar refractivity (Wildman–Crippen MR) is 94.3 cm³/mol. The molecule has 1 heterocycles. The summed E-state index contributed by atoms with van der Waals surface area (Å²) in [4.78, 5) is 22.5. The second-order valence-electron chi connectivity index (χ2n) is 7.80. The number of rotatable bonds is 4. The summed E-state index contributed by atoms with van der Waals surface area (Å²) in [5.74, 6) is 1.02. The molecule has 0 aromatic heterocycles. The van der Waals surface area contributed by atoms with E-state index in [1.165, 1.54) is 13.8 Å². The standard InChI is InChI=1S/C20H30O6/c1-13(21)25-11-17-7-15-9-19-20(24-6-4-3-5-23-19)10-16(15)8-18(17)12-26-14(2)22/h3-4,15-20H,5-12H2,1-2H3/b4-3-/t15-,16+,17-,18-,19-,20-/m1/s1. The Labute approximate surface area is 155 Å². The lowest BCUT2D eigenvalue weighted by molar-refractivity contribution is -0.153. The third-order valence-electron chi connectivity index (χ3n) is 6.01. The molecule has 2 saturated carbocycles. The largest absolute Gasteiger partial charge is 0.466 e. The molecule has 0 aromatic carbocycles. The normalized spacial score (nSPS) is 38.1. The molecule has 0 radical (unpaired) electrons. The van der Waals surface area contributed by atoms with E-state index in [-0.39, 0.29) is 36.0 Å². The maximum absolute atomic E-state index is 11.2. The predicted octanol–water partition coefficient (Wildman–Crippen LogP) is 2.51. The lowest BCUT2D eigenvalue weighted by Crippen LogP contribution is -2.47. The zero-order valence-electron chi connectivity index (χ0n) is 15.7. The smallest absolute Gasteiger partial charge is 0.302 e. The van der Waals surface area contributed by atoms with Gasteiger partial charge in [-0.2, -0.15) is 0 Å². The van der Waals surface area contributed by atoms with Crippen LogP contribution in [0.4, 0.5) is 0 Å². The van der Waals surface area contributed by atoms with Crippen LogP contribution in [0.1, 0.15) is 39.5 Å². The molecule has 0 spiro atoms. The van der Waals surface area contributed by atoms with Crippen LogP contribution >= 0.6 is 0 Å². The van der Waals surface area contributed by atoms with Crippen molar-refractivity contribution in [2.24, 2.45) is 23.7 Å². The SMILES string of the molecule is CC(=O)OC[C@H]1C[C@@H]2C[C@H]3OC/C=C\CO[C@@H]3C[C@@H]2C[C@@H]1COC(C)=O. The molecule has 1 aliphatic heterocycles. The summed E-state index contributed by atoms with van der Waals surface area (Å²) in [6, 6.07) is 0. The molecular formula is C20H30O6. The van der Waals surface area contributed by atoms with Gasteiger partial charge in [0.1, 0.15) is 0 Å². The van der Waals surface area contributed by atoms with Crippen LogP contribution in [0.3, 0.4) is 0 Å². The third kappa shape index (κ3) is 5.07. The summed E-state index contributed by atoms with van der Waals surface area (Å²) in [5, 5.41) is 0. The van der Waals surface area contributed by atoms with Gasteiger partial charge in [-0.15, -0.1) is 0 Å². The lowest BCUT2D eigenvalue weighted by Gasteiger charge is -2.48. The van der Waals surface area contributed by atoms with Gasteiger partial charge in [-0.05, 0) is 49.4 Å². The number of ether oxygens (including phenoxy) is 4. The van der Waals surface area contributed by atoms with E-state index in [1.807, 2.05) is 12.2 Å². The Kier molecular flexibility index (Phi) is 6.70. The molecule has 3 rings (SSSR count). The van der Waals surface area contributed by atoms with Crippen molar-refractivity contribution in [3.05, 3.63) is 12.2 Å². The Morgan fingerprint density at radius 1 is 0.808 bits per heavy atom. The summed E-state index contributed by atoms with van der Waals surface area (Å²) in [6.07, 6.45) is 8.24. The zero-order chi connectivity index (χ0) is 18.5. The number of carbonyl (C=O) groups is 2. The number of hydrogen-bond donors (Lipinski definition) is 0. The first-order valence-electron chi connectivity index (χ1n) is 9.67. The second-order valence-corrected chi connectivity index (χ2v) is 7.80. The van der Waals surface area contributed by atoms with Crippen molar-refractivity contribution < 1.29 is 28.5 Å². The molecule has 6 atom stereocenters. The second kappa shape index (κ2) is 9.00. The zero-order valence-corrected chi connectivity index (χ0v) is 15.7. The molecule has 2 fully saturated rings. The van der Waals surface area contributed by atoms with Gasteiger partial charge in [0.25, 0.3) is 0 Å². The Morgan fingerprint density at radius 2 is 1.23 bits per heavy atom. The first-order chi connectivity index (χ1) is 12.5. The van der Waals surface area contributed by atoms with Gasteiger partial charge in [0.2, 0.25) is 0 Å². The molecule has 6 heteroatoms. The van der Waals surface area contributed by atoms with Crippen LogP contribution in [0, 0.1) is 23.7 Å². The van der Waals surface area contributed by atoms with E-state index in [1.54, 1.807) is 0 Å². The number of hydrogen-bond acceptors (Lipinski definition) is 6. The maximum atomic E-state index is 11.2. The molecule has 0 bridgehead atoms. The monoisotopic (exact) mass is 366 g/mol. The molecule has 0 saturated heterocycles. The highest BCUT2D eigenvalue weighted by Gasteiger charge is 2.45. The van der Waals surface area contributed by atoms with Gasteiger partial charge in [-0.3, -0.25) is 9.59 Å². The minimum absolute atomic E-state index is 0.139. The van der Waals surface area contributed by atoms with Crippen LogP contribution in [0.25, 0.3) is 0 Å². The highest BCUT2D eigenvalue weighted by atomic mass is 16.5. The summed E-state index contributed by atoms with van der Waals surface area (Å²) in [5.41, 5.74) is 0. The summed E-state index contributed by atoms with van der Waals surface area (Å²) < 4.78 is 22.6. The minimum Gasteiger partial charge on any atom is -0.466 e. The van der Waals surface area contributed by atoms with Crippen molar-refractivity contribution >= 4 is 11.9 Å². The first kappa shape index (κ1) is 19.4. The Morgan fingerprint density at radius 3 is 1.62 bits per heavy atom. The molecule has 26 heavy (non-hydrogen) atoms. The Bertz CT molecular complexity index is 484.